The van der Waals surface area contributed by atoms with Gasteiger partial charge in [-0.1, -0.05) is 68.3 Å². The van der Waals surface area contributed by atoms with Crippen molar-refractivity contribution in [1.82, 2.24) is 19.8 Å². The first-order valence-electron chi connectivity index (χ1n) is 14.3. The zero-order chi connectivity index (χ0) is 34.5. The van der Waals surface area contributed by atoms with Crippen molar-refractivity contribution < 1.29 is 56.8 Å². The minimum absolute atomic E-state index is 0. The summed E-state index contributed by atoms with van der Waals surface area (Å²) in [6, 6.07) is 20.2. The Morgan fingerprint density at radius 2 is 0.878 bits per heavy atom. The molecule has 4 rings (SSSR count). The SMILES string of the molecule is CCN(CC)C(=O)c1cccnc1.CCN(CC)C(=O)c1cccnc1.O=C([O-])c1ccccc1Br.O=C([O-])c1ccccc1Br.[Ni+2].[OH3+].[OH3+]. The summed E-state index contributed by atoms with van der Waals surface area (Å²) in [7, 11) is 0. The Hall–Kier alpha value is -4.01. The molecular formula is C34H42Br2N4NiO8+2. The molecule has 0 fully saturated rings. The molecule has 0 saturated carbocycles. The van der Waals surface area contributed by atoms with Crippen LogP contribution in [0.5, 0.6) is 0 Å². The van der Waals surface area contributed by atoms with Crippen molar-refractivity contribution in [1.29, 1.82) is 0 Å². The predicted molar refractivity (Wildman–Crippen MR) is 190 cm³/mol. The number of amides is 2. The van der Waals surface area contributed by atoms with Crippen molar-refractivity contribution in [2.75, 3.05) is 26.2 Å². The monoisotopic (exact) mass is 850 g/mol. The molecule has 0 aliphatic rings. The molecule has 0 radical (unpaired) electrons. The maximum Gasteiger partial charge on any atom is 2.00 e. The summed E-state index contributed by atoms with van der Waals surface area (Å²) in [6.07, 6.45) is 6.53. The Bertz CT molecular complexity index is 1410. The van der Waals surface area contributed by atoms with E-state index < -0.39 is 11.9 Å². The van der Waals surface area contributed by atoms with E-state index in [-0.39, 0.29) is 50.4 Å². The maximum atomic E-state index is 11.7. The van der Waals surface area contributed by atoms with Crippen LogP contribution < -0.4 is 10.2 Å². The number of carbonyl (C=O) groups is 4. The molecule has 0 atom stereocenters. The summed E-state index contributed by atoms with van der Waals surface area (Å²) in [5.74, 6) is -2.21. The van der Waals surface area contributed by atoms with E-state index in [1.54, 1.807) is 95.3 Å². The summed E-state index contributed by atoms with van der Waals surface area (Å²) in [6.45, 7) is 10.8. The van der Waals surface area contributed by atoms with Gasteiger partial charge in [0.2, 0.25) is 0 Å². The smallest absolute Gasteiger partial charge is 0.545 e. The predicted octanol–water partition coefficient (Wildman–Crippen LogP) is 2.91. The number of benzene rings is 2. The van der Waals surface area contributed by atoms with E-state index >= 15 is 0 Å². The van der Waals surface area contributed by atoms with E-state index in [0.717, 1.165) is 26.2 Å². The number of hydrogen-bond acceptors (Lipinski definition) is 8. The van der Waals surface area contributed by atoms with Crippen LogP contribution in [0.3, 0.4) is 0 Å². The van der Waals surface area contributed by atoms with Gasteiger partial charge in [0.05, 0.1) is 23.1 Å². The van der Waals surface area contributed by atoms with Crippen molar-refractivity contribution in [3.63, 3.8) is 0 Å². The van der Waals surface area contributed by atoms with Crippen LogP contribution in [-0.4, -0.2) is 69.7 Å². The van der Waals surface area contributed by atoms with Crippen molar-refractivity contribution in [2.45, 2.75) is 27.7 Å². The van der Waals surface area contributed by atoms with E-state index in [9.17, 15) is 29.4 Å². The molecule has 6 N–H and O–H groups in total. The second-order valence-electron chi connectivity index (χ2n) is 8.97. The molecule has 0 spiro atoms. The zero-order valence-corrected chi connectivity index (χ0v) is 31.7. The Morgan fingerprint density at radius 3 is 1.08 bits per heavy atom. The molecule has 2 heterocycles. The standard InChI is InChI=1S/2C10H14N2O.2C7H5BrO2.Ni.2H2O/c2*1-3-12(4-2)10(13)9-6-5-7-11-8-9;2*8-6-4-2-1-3-5(6)7(9)10;;;/h2*5-8H,3-4H2,1-2H3;2*1-4H,(H,9,10);;2*1H2/q;;;;+2;;. The Kier molecular flexibility index (Phi) is 28.1. The minimum Gasteiger partial charge on any atom is -0.545 e. The molecule has 0 saturated heterocycles. The fourth-order valence-electron chi connectivity index (χ4n) is 3.62. The van der Waals surface area contributed by atoms with Gasteiger partial charge in [0.15, 0.2) is 0 Å². The zero-order valence-electron chi connectivity index (χ0n) is 27.5. The molecule has 2 amide bonds. The third-order valence-electron chi connectivity index (χ3n) is 6.11. The molecule has 2 aromatic carbocycles. The van der Waals surface area contributed by atoms with E-state index in [1.165, 1.54) is 12.1 Å². The second-order valence-corrected chi connectivity index (χ2v) is 10.7. The van der Waals surface area contributed by atoms with Gasteiger partial charge in [0.1, 0.15) is 0 Å². The van der Waals surface area contributed by atoms with Gasteiger partial charge in [0, 0.05) is 71.0 Å². The summed E-state index contributed by atoms with van der Waals surface area (Å²) >= 11 is 6.15. The number of carbonyl (C=O) groups excluding carboxylic acids is 4. The van der Waals surface area contributed by atoms with Crippen molar-refractivity contribution >= 4 is 55.6 Å². The fourth-order valence-corrected chi connectivity index (χ4v) is 4.51. The summed E-state index contributed by atoms with van der Waals surface area (Å²) in [5.41, 5.74) is 1.68. The number of carboxylic acid groups (broad SMARTS) is 2. The second kappa shape index (κ2) is 27.9. The van der Waals surface area contributed by atoms with Gasteiger partial charge in [-0.2, -0.15) is 0 Å². The summed E-state index contributed by atoms with van der Waals surface area (Å²) in [5, 5.41) is 20.6. The molecule has 12 nitrogen and oxygen atoms in total. The molecular weight excluding hydrogens is 811 g/mol. The Balaban J connectivity index is -0.000000568. The molecule has 2 aromatic heterocycles. The van der Waals surface area contributed by atoms with Gasteiger partial charge in [-0.3, -0.25) is 19.6 Å². The largest absolute Gasteiger partial charge is 2.00 e. The molecule has 49 heavy (non-hydrogen) atoms. The van der Waals surface area contributed by atoms with Crippen LogP contribution in [0, 0.1) is 0 Å². The minimum atomic E-state index is -1.16. The average molecular weight is 853 g/mol. The van der Waals surface area contributed by atoms with Gasteiger partial charge in [-0.25, -0.2) is 0 Å². The molecule has 0 aliphatic carbocycles. The number of halogens is 2. The van der Waals surface area contributed by atoms with Crippen molar-refractivity contribution in [2.24, 2.45) is 0 Å². The van der Waals surface area contributed by atoms with Crippen LogP contribution >= 0.6 is 31.9 Å². The van der Waals surface area contributed by atoms with Crippen LogP contribution in [0.1, 0.15) is 69.1 Å². The van der Waals surface area contributed by atoms with Gasteiger partial charge in [-0.15, -0.1) is 0 Å². The quantitative estimate of drug-likeness (QED) is 0.190. The normalized spacial score (nSPS) is 8.94. The number of hydrogen-bond donors (Lipinski definition) is 0. The number of nitrogens with zero attached hydrogens (tertiary/aromatic N) is 4. The number of pyridine rings is 2. The van der Waals surface area contributed by atoms with Gasteiger partial charge in [0.25, 0.3) is 11.8 Å². The van der Waals surface area contributed by atoms with Crippen molar-refractivity contribution in [3.8, 4) is 0 Å². The first-order valence-corrected chi connectivity index (χ1v) is 15.9. The third kappa shape index (κ3) is 17.8. The third-order valence-corrected chi connectivity index (χ3v) is 7.49. The van der Waals surface area contributed by atoms with E-state index in [2.05, 4.69) is 41.8 Å². The molecule has 15 heteroatoms. The summed E-state index contributed by atoms with van der Waals surface area (Å²) in [4.78, 5) is 55.3. The van der Waals surface area contributed by atoms with E-state index in [1.807, 2.05) is 27.7 Å². The molecule has 0 unspecified atom stereocenters. The van der Waals surface area contributed by atoms with Crippen LogP contribution in [0.4, 0.5) is 0 Å². The van der Waals surface area contributed by atoms with Gasteiger partial charge < -0.3 is 40.6 Å². The van der Waals surface area contributed by atoms with Crippen molar-refractivity contribution in [3.05, 3.63) is 129 Å². The van der Waals surface area contributed by atoms with Crippen LogP contribution in [0.15, 0.2) is 107 Å². The van der Waals surface area contributed by atoms with Crippen LogP contribution in [-0.2, 0) is 27.4 Å². The number of aromatic carboxylic acids is 2. The Morgan fingerprint density at radius 1 is 0.571 bits per heavy atom. The first kappa shape index (κ1) is 49.4. The van der Waals surface area contributed by atoms with Gasteiger partial charge >= 0.3 is 16.5 Å². The average Bonchev–Trinajstić information content (AvgIpc) is 3.07. The van der Waals surface area contributed by atoms with E-state index in [4.69, 9.17) is 0 Å². The Labute approximate surface area is 313 Å². The molecule has 0 bridgehead atoms. The molecule has 268 valence electrons. The summed E-state index contributed by atoms with van der Waals surface area (Å²) < 4.78 is 1.10. The fraction of sp³-hybridized carbons (Fsp3) is 0.235. The first-order chi connectivity index (χ1) is 22.0. The number of carboxylic acids is 2. The van der Waals surface area contributed by atoms with Gasteiger partial charge in [-0.05, 0) is 64.1 Å². The maximum absolute atomic E-state index is 11.7. The topological polar surface area (TPSA) is 213 Å². The van der Waals surface area contributed by atoms with Crippen LogP contribution in [0.2, 0.25) is 0 Å². The van der Waals surface area contributed by atoms with E-state index in [0.29, 0.717) is 20.1 Å². The number of aromatic nitrogens is 2. The van der Waals surface area contributed by atoms with Crippen LogP contribution in [0.25, 0.3) is 0 Å². The molecule has 0 aliphatic heterocycles. The molecule has 4 aromatic rings. The number of rotatable bonds is 8.